The number of benzene rings is 4. The first-order valence-corrected chi connectivity index (χ1v) is 13.9. The predicted molar refractivity (Wildman–Crippen MR) is 148 cm³/mol. The molecule has 0 aliphatic carbocycles. The van der Waals surface area contributed by atoms with E-state index in [1.165, 1.54) is 0 Å². The number of rotatable bonds is 9. The van der Waals surface area contributed by atoms with Crippen LogP contribution in [0.15, 0.2) is 94.9 Å². The van der Waals surface area contributed by atoms with Crippen LogP contribution in [0.3, 0.4) is 0 Å². The van der Waals surface area contributed by atoms with Crippen molar-refractivity contribution >= 4 is 43.1 Å². The van der Waals surface area contributed by atoms with Gasteiger partial charge in [-0.2, -0.15) is 5.10 Å². The van der Waals surface area contributed by atoms with Crippen molar-refractivity contribution in [2.24, 2.45) is 0 Å². The van der Waals surface area contributed by atoms with Crippen LogP contribution in [-0.2, 0) is 16.4 Å². The Labute approximate surface area is 222 Å². The smallest absolute Gasteiger partial charge is 0.226 e. The van der Waals surface area contributed by atoms with Gasteiger partial charge in [-0.1, -0.05) is 66.2 Å². The van der Waals surface area contributed by atoms with E-state index in [1.54, 1.807) is 22.9 Å². The van der Waals surface area contributed by atoms with Crippen molar-refractivity contribution < 1.29 is 13.2 Å². The van der Waals surface area contributed by atoms with Crippen LogP contribution in [-0.4, -0.2) is 50.3 Å². The summed E-state index contributed by atoms with van der Waals surface area (Å²) in [7, 11) is 0.0929. The second-order valence-corrected chi connectivity index (χ2v) is 11.5. The minimum absolute atomic E-state index is 0.0135. The Morgan fingerprint density at radius 1 is 0.919 bits per heavy atom. The molecule has 0 aliphatic rings. The zero-order valence-electron chi connectivity index (χ0n) is 20.8. The molecular weight excluding hydrogens is 506 g/mol. The first-order valence-electron chi connectivity index (χ1n) is 12.1. The predicted octanol–water partition coefficient (Wildman–Crippen LogP) is 6.05. The van der Waals surface area contributed by atoms with Crippen LogP contribution in [0.1, 0.15) is 12.0 Å². The largest absolute Gasteiger partial charge is 0.491 e. The molecule has 5 aromatic rings. The van der Waals surface area contributed by atoms with Gasteiger partial charge in [0, 0.05) is 22.3 Å². The number of hydrogen-bond donors (Lipinski definition) is 0. The molecule has 1 heterocycles. The zero-order valence-corrected chi connectivity index (χ0v) is 22.3. The van der Waals surface area contributed by atoms with Gasteiger partial charge in [0.1, 0.15) is 11.3 Å². The highest BCUT2D eigenvalue weighted by Gasteiger charge is 2.28. The Kier molecular flexibility index (Phi) is 7.20. The number of sulfone groups is 1. The van der Waals surface area contributed by atoms with Crippen LogP contribution in [0, 0.1) is 0 Å². The molecule has 5 rings (SSSR count). The van der Waals surface area contributed by atoms with Crippen LogP contribution < -0.4 is 4.74 Å². The van der Waals surface area contributed by atoms with Crippen LogP contribution in [0.25, 0.3) is 21.7 Å². The summed E-state index contributed by atoms with van der Waals surface area (Å²) in [5.74, 6) is 0.602. The Balaban J connectivity index is 1.66. The molecule has 0 spiro atoms. The van der Waals surface area contributed by atoms with E-state index in [2.05, 4.69) is 10.00 Å². The lowest BCUT2D eigenvalue weighted by molar-refractivity contribution is 0.283. The number of para-hydroxylation sites is 1. The molecule has 0 unspecified atom stereocenters. The average Bonchev–Trinajstić information content (AvgIpc) is 3.26. The van der Waals surface area contributed by atoms with Crippen molar-refractivity contribution in [3.05, 3.63) is 95.5 Å². The summed E-state index contributed by atoms with van der Waals surface area (Å²) >= 11 is 6.23. The molecule has 8 heteroatoms. The van der Waals surface area contributed by atoms with Gasteiger partial charge in [-0.25, -0.2) is 8.42 Å². The molecular formula is C29H28ClN3O3S. The van der Waals surface area contributed by atoms with Gasteiger partial charge in [-0.3, -0.25) is 4.68 Å². The van der Waals surface area contributed by atoms with Gasteiger partial charge in [0.25, 0.3) is 0 Å². The fourth-order valence-electron chi connectivity index (χ4n) is 4.51. The Hall–Kier alpha value is -3.39. The fourth-order valence-corrected chi connectivity index (χ4v) is 6.32. The number of halogens is 1. The molecule has 0 aliphatic heterocycles. The van der Waals surface area contributed by atoms with E-state index < -0.39 is 9.84 Å². The molecule has 6 nitrogen and oxygen atoms in total. The van der Waals surface area contributed by atoms with E-state index in [-0.39, 0.29) is 9.92 Å². The normalized spacial score (nSPS) is 12.0. The first kappa shape index (κ1) is 25.3. The van der Waals surface area contributed by atoms with Gasteiger partial charge >= 0.3 is 0 Å². The molecule has 0 saturated carbocycles. The number of aromatic nitrogens is 2. The van der Waals surface area contributed by atoms with Gasteiger partial charge in [0.15, 0.2) is 5.03 Å². The summed E-state index contributed by atoms with van der Waals surface area (Å²) in [5, 5.41) is 7.36. The molecule has 4 aromatic carbocycles. The Bertz CT molecular complexity index is 1670. The molecule has 1 aromatic heterocycles. The number of ether oxygens (including phenoxy) is 1. The molecule has 37 heavy (non-hydrogen) atoms. The van der Waals surface area contributed by atoms with E-state index in [0.29, 0.717) is 40.2 Å². The van der Waals surface area contributed by atoms with E-state index in [9.17, 15) is 8.42 Å². The number of fused-ring (bicyclic) bond motifs is 2. The summed E-state index contributed by atoms with van der Waals surface area (Å²) in [6.07, 6.45) is 0.840. The second-order valence-electron chi connectivity index (χ2n) is 9.23. The van der Waals surface area contributed by atoms with Gasteiger partial charge in [-0.15, -0.1) is 0 Å². The lowest BCUT2D eigenvalue weighted by Crippen LogP contribution is -2.15. The molecule has 0 fully saturated rings. The van der Waals surface area contributed by atoms with Gasteiger partial charge in [-0.05, 0) is 61.8 Å². The quantitative estimate of drug-likeness (QED) is 0.216. The standard InChI is InChI=1S/C29H28ClN3O3S/c1-32(2)17-8-18-36-26-15-7-14-25-28(26)33(20-21-9-5-12-23(30)19-21)31-29(25)37(34,35)27-16-6-11-22-10-3-4-13-24(22)27/h3-7,9-16,19H,8,17-18,20H2,1-2H3. The summed E-state index contributed by atoms with van der Waals surface area (Å²) in [6.45, 7) is 1.74. The lowest BCUT2D eigenvalue weighted by atomic mass is 10.1. The third kappa shape index (κ3) is 5.21. The van der Waals surface area contributed by atoms with Crippen molar-refractivity contribution in [1.29, 1.82) is 0 Å². The topological polar surface area (TPSA) is 64.4 Å². The average molecular weight is 534 g/mol. The van der Waals surface area contributed by atoms with Crippen molar-refractivity contribution in [3.63, 3.8) is 0 Å². The van der Waals surface area contributed by atoms with Crippen molar-refractivity contribution in [2.45, 2.75) is 22.9 Å². The third-order valence-electron chi connectivity index (χ3n) is 6.22. The molecule has 0 saturated heterocycles. The van der Waals surface area contributed by atoms with E-state index in [4.69, 9.17) is 16.3 Å². The number of hydrogen-bond acceptors (Lipinski definition) is 5. The SMILES string of the molecule is CN(C)CCCOc1cccc2c(S(=O)(=O)c3cccc4ccccc34)nn(Cc3cccc(Cl)c3)c12. The Morgan fingerprint density at radius 3 is 2.46 bits per heavy atom. The maximum absolute atomic E-state index is 14.1. The van der Waals surface area contributed by atoms with Crippen LogP contribution in [0.5, 0.6) is 5.75 Å². The van der Waals surface area contributed by atoms with Gasteiger partial charge in [0.2, 0.25) is 9.84 Å². The Morgan fingerprint density at radius 2 is 1.65 bits per heavy atom. The molecule has 0 amide bonds. The maximum Gasteiger partial charge on any atom is 0.226 e. The van der Waals surface area contributed by atoms with E-state index in [1.807, 2.05) is 80.8 Å². The van der Waals surface area contributed by atoms with E-state index in [0.717, 1.165) is 23.9 Å². The molecule has 0 N–H and O–H groups in total. The van der Waals surface area contributed by atoms with Crippen LogP contribution in [0.2, 0.25) is 5.02 Å². The maximum atomic E-state index is 14.1. The fraction of sp³-hybridized carbons (Fsp3) is 0.207. The molecule has 190 valence electrons. The minimum Gasteiger partial charge on any atom is -0.491 e. The second kappa shape index (κ2) is 10.5. The van der Waals surface area contributed by atoms with Gasteiger partial charge in [0.05, 0.1) is 18.0 Å². The highest BCUT2D eigenvalue weighted by molar-refractivity contribution is 7.91. The monoisotopic (exact) mass is 533 g/mol. The summed E-state index contributed by atoms with van der Waals surface area (Å²) in [4.78, 5) is 2.33. The van der Waals surface area contributed by atoms with Crippen LogP contribution >= 0.6 is 11.6 Å². The number of nitrogens with zero attached hydrogens (tertiary/aromatic N) is 3. The molecule has 0 radical (unpaired) electrons. The summed E-state index contributed by atoms with van der Waals surface area (Å²) in [6, 6.07) is 25.7. The molecule has 0 atom stereocenters. The third-order valence-corrected chi connectivity index (χ3v) is 8.20. The minimum atomic E-state index is -3.95. The highest BCUT2D eigenvalue weighted by Crippen LogP contribution is 2.35. The lowest BCUT2D eigenvalue weighted by Gasteiger charge is -2.12. The van der Waals surface area contributed by atoms with Crippen molar-refractivity contribution in [3.8, 4) is 5.75 Å². The first-order chi connectivity index (χ1) is 17.8. The molecule has 0 bridgehead atoms. The van der Waals surface area contributed by atoms with Crippen molar-refractivity contribution in [1.82, 2.24) is 14.7 Å². The highest BCUT2D eigenvalue weighted by atomic mass is 35.5. The summed E-state index contributed by atoms with van der Waals surface area (Å²) in [5.41, 5.74) is 1.56. The van der Waals surface area contributed by atoms with Gasteiger partial charge < -0.3 is 9.64 Å². The van der Waals surface area contributed by atoms with Crippen LogP contribution in [0.4, 0.5) is 0 Å². The van der Waals surface area contributed by atoms with Crippen molar-refractivity contribution in [2.75, 3.05) is 27.2 Å². The van der Waals surface area contributed by atoms with E-state index >= 15 is 0 Å². The summed E-state index contributed by atoms with van der Waals surface area (Å²) < 4.78 is 36.0. The zero-order chi connectivity index (χ0) is 26.0.